The number of carboxylic acids is 1. The first-order valence-electron chi connectivity index (χ1n) is 12.6. The van der Waals surface area contributed by atoms with Gasteiger partial charge in [0.1, 0.15) is 6.17 Å². The molecule has 0 bridgehead atoms. The Morgan fingerprint density at radius 1 is 1.03 bits per heavy atom. The maximum absolute atomic E-state index is 15.2. The molecule has 2 aromatic rings. The fraction of sp³-hybridized carbons (Fsp3) is 0.483. The lowest BCUT2D eigenvalue weighted by atomic mass is 9.91. The summed E-state index contributed by atoms with van der Waals surface area (Å²) < 4.78 is 22.1. The Morgan fingerprint density at radius 2 is 1.60 bits per heavy atom. The Hall–Kier alpha value is -2.28. The van der Waals surface area contributed by atoms with Crippen LogP contribution in [0.2, 0.25) is 5.04 Å². The van der Waals surface area contributed by atoms with Gasteiger partial charge in [0.25, 0.3) is 8.32 Å². The van der Waals surface area contributed by atoms with E-state index in [4.69, 9.17) is 9.53 Å². The lowest BCUT2D eigenvalue weighted by Gasteiger charge is -2.44. The molecule has 35 heavy (non-hydrogen) atoms. The Morgan fingerprint density at radius 3 is 2.11 bits per heavy atom. The third kappa shape index (κ3) is 6.49. The number of benzene rings is 2. The molecule has 190 valence electrons. The fourth-order valence-electron chi connectivity index (χ4n) is 5.42. The average Bonchev–Trinajstić information content (AvgIpc) is 3.09. The summed E-state index contributed by atoms with van der Waals surface area (Å²) in [6.45, 7) is 6.86. The first kappa shape index (κ1) is 27.3. The number of hydrogen-bond acceptors (Lipinski definition) is 3. The molecular weight excluding hydrogens is 459 g/mol. The van der Waals surface area contributed by atoms with E-state index in [1.807, 2.05) is 48.6 Å². The van der Waals surface area contributed by atoms with Crippen molar-refractivity contribution in [1.82, 2.24) is 0 Å². The quantitative estimate of drug-likeness (QED) is 0.257. The molecule has 4 nitrogen and oxygen atoms in total. The van der Waals surface area contributed by atoms with Crippen LogP contribution < -0.4 is 10.4 Å². The molecule has 1 saturated carbocycles. The number of alkyl halides is 1. The van der Waals surface area contributed by atoms with E-state index in [0.29, 0.717) is 19.3 Å². The molecule has 0 heterocycles. The van der Waals surface area contributed by atoms with Gasteiger partial charge in [0.05, 0.1) is 6.10 Å². The monoisotopic (exact) mass is 498 g/mol. The predicted octanol–water partition coefficient (Wildman–Crippen LogP) is 5.10. The first-order valence-corrected chi connectivity index (χ1v) is 14.5. The number of halogens is 1. The summed E-state index contributed by atoms with van der Waals surface area (Å²) in [4.78, 5) is 10.7. The Bertz CT molecular complexity index is 918. The van der Waals surface area contributed by atoms with Crippen molar-refractivity contribution in [1.29, 1.82) is 0 Å². The minimum absolute atomic E-state index is 0.131. The van der Waals surface area contributed by atoms with E-state index in [2.05, 4.69) is 45.0 Å². The number of carboxylic acid groups (broad SMARTS) is 1. The van der Waals surface area contributed by atoms with Crippen molar-refractivity contribution < 1.29 is 23.8 Å². The van der Waals surface area contributed by atoms with Gasteiger partial charge >= 0.3 is 5.97 Å². The highest BCUT2D eigenvalue weighted by Crippen LogP contribution is 2.41. The molecule has 1 fully saturated rings. The van der Waals surface area contributed by atoms with Crippen LogP contribution in [0.25, 0.3) is 0 Å². The van der Waals surface area contributed by atoms with E-state index in [0.717, 1.165) is 10.4 Å². The van der Waals surface area contributed by atoms with E-state index in [1.54, 1.807) is 0 Å². The number of aliphatic carboxylic acids is 1. The van der Waals surface area contributed by atoms with Crippen LogP contribution in [0.1, 0.15) is 52.9 Å². The lowest BCUT2D eigenvalue weighted by Crippen LogP contribution is -2.67. The van der Waals surface area contributed by atoms with Gasteiger partial charge in [-0.3, -0.25) is 4.79 Å². The molecular formula is C29H39FO4Si. The minimum Gasteiger partial charge on any atom is -0.481 e. The topological polar surface area (TPSA) is 66.8 Å². The highest BCUT2D eigenvalue weighted by atomic mass is 28.4. The van der Waals surface area contributed by atoms with Gasteiger partial charge < -0.3 is 14.6 Å². The molecule has 4 atom stereocenters. The molecule has 3 rings (SSSR count). The smallest absolute Gasteiger partial charge is 0.303 e. The number of unbranched alkanes of at least 4 members (excludes halogenated alkanes) is 1. The van der Waals surface area contributed by atoms with Gasteiger partial charge in [-0.05, 0) is 40.6 Å². The first-order chi connectivity index (χ1) is 16.7. The number of hydrogen-bond donors (Lipinski definition) is 2. The van der Waals surface area contributed by atoms with E-state index in [9.17, 15) is 9.90 Å². The van der Waals surface area contributed by atoms with Crippen molar-refractivity contribution in [2.24, 2.45) is 11.8 Å². The number of allylic oxidation sites excluding steroid dienone is 2. The summed E-state index contributed by atoms with van der Waals surface area (Å²) in [7, 11) is -2.78. The van der Waals surface area contributed by atoms with Crippen molar-refractivity contribution in [2.45, 2.75) is 70.2 Å². The van der Waals surface area contributed by atoms with E-state index >= 15 is 4.39 Å². The number of carbonyl (C=O) groups is 1. The normalized spacial score (nSPS) is 23.1. The van der Waals surface area contributed by atoms with Crippen molar-refractivity contribution in [3.05, 3.63) is 72.8 Å². The van der Waals surface area contributed by atoms with Crippen LogP contribution in [0.4, 0.5) is 4.39 Å². The van der Waals surface area contributed by atoms with Crippen LogP contribution in [0.15, 0.2) is 72.8 Å². The molecule has 0 radical (unpaired) electrons. The van der Waals surface area contributed by atoms with Crippen molar-refractivity contribution in [3.63, 3.8) is 0 Å². The van der Waals surface area contributed by atoms with Gasteiger partial charge in [-0.1, -0.05) is 93.6 Å². The molecule has 0 saturated heterocycles. The van der Waals surface area contributed by atoms with Gasteiger partial charge in [-0.15, -0.1) is 0 Å². The maximum Gasteiger partial charge on any atom is 0.303 e. The van der Waals surface area contributed by atoms with Gasteiger partial charge in [0, 0.05) is 25.4 Å². The summed E-state index contributed by atoms with van der Waals surface area (Å²) in [6, 6.07) is 20.6. The summed E-state index contributed by atoms with van der Waals surface area (Å²) in [5, 5.41) is 21.5. The predicted molar refractivity (Wildman–Crippen MR) is 141 cm³/mol. The zero-order valence-electron chi connectivity index (χ0n) is 21.1. The number of rotatable bonds is 11. The Balaban J connectivity index is 1.84. The SMILES string of the molecule is CC(C)(C)[Si](OC[C@@H]1[C@@H](C/C=C\CCCC(=O)O)[C@H](O)C[C@@H]1F)(c1ccccc1)c1ccccc1. The van der Waals surface area contributed by atoms with Crippen LogP contribution in [-0.4, -0.2) is 43.4 Å². The Labute approximate surface area is 210 Å². The summed E-state index contributed by atoms with van der Waals surface area (Å²) in [5.41, 5.74) is 0. The molecule has 0 unspecified atom stereocenters. The highest BCUT2D eigenvalue weighted by Gasteiger charge is 2.52. The fourth-order valence-corrected chi connectivity index (χ4v) is 10.0. The molecule has 0 aromatic heterocycles. The Kier molecular flexibility index (Phi) is 9.45. The second kappa shape index (κ2) is 12.1. The van der Waals surface area contributed by atoms with Crippen molar-refractivity contribution in [2.75, 3.05) is 6.61 Å². The molecule has 6 heteroatoms. The van der Waals surface area contributed by atoms with Crippen molar-refractivity contribution in [3.8, 4) is 0 Å². The van der Waals surface area contributed by atoms with Gasteiger partial charge in [0.15, 0.2) is 0 Å². The molecule has 1 aliphatic rings. The van der Waals surface area contributed by atoms with Crippen LogP contribution in [-0.2, 0) is 9.22 Å². The van der Waals surface area contributed by atoms with Gasteiger partial charge in [0.2, 0.25) is 0 Å². The van der Waals surface area contributed by atoms with Crippen molar-refractivity contribution >= 4 is 24.7 Å². The maximum atomic E-state index is 15.2. The lowest BCUT2D eigenvalue weighted by molar-refractivity contribution is -0.137. The average molecular weight is 499 g/mol. The van der Waals surface area contributed by atoms with E-state index in [1.165, 1.54) is 0 Å². The summed E-state index contributed by atoms with van der Waals surface area (Å²) in [5.74, 6) is -1.42. The van der Waals surface area contributed by atoms with E-state index < -0.39 is 32.5 Å². The van der Waals surface area contributed by atoms with Crippen LogP contribution in [0.3, 0.4) is 0 Å². The standard InChI is InChI=1S/C29H39FO4Si/c1-29(2,3)35(22-14-8-6-9-15-22,23-16-10-7-11-17-23)34-21-25-24(27(31)20-26(25)30)18-12-4-5-13-19-28(32)33/h4,6-12,14-17,24-27,31H,5,13,18-21H2,1-3H3,(H,32,33)/b12-4-/t24-,25-,26+,27-/m1/s1. The zero-order chi connectivity index (χ0) is 25.5. The molecule has 0 amide bonds. The molecule has 2 N–H and O–H groups in total. The molecule has 0 spiro atoms. The molecule has 0 aliphatic heterocycles. The molecule has 2 aromatic carbocycles. The third-order valence-corrected chi connectivity index (χ3v) is 12.2. The minimum atomic E-state index is -2.78. The van der Waals surface area contributed by atoms with Gasteiger partial charge in [-0.25, -0.2) is 4.39 Å². The van der Waals surface area contributed by atoms with Crippen LogP contribution in [0, 0.1) is 11.8 Å². The van der Waals surface area contributed by atoms with Gasteiger partial charge in [-0.2, -0.15) is 0 Å². The largest absolute Gasteiger partial charge is 0.481 e. The second-order valence-electron chi connectivity index (χ2n) is 10.6. The third-order valence-electron chi connectivity index (χ3n) is 7.22. The number of aliphatic hydroxyl groups is 1. The van der Waals surface area contributed by atoms with E-state index in [-0.39, 0.29) is 30.4 Å². The highest BCUT2D eigenvalue weighted by molar-refractivity contribution is 6.99. The number of aliphatic hydroxyl groups excluding tert-OH is 1. The summed E-state index contributed by atoms with van der Waals surface area (Å²) in [6.07, 6.45) is 4.15. The van der Waals surface area contributed by atoms with Crippen LogP contribution >= 0.6 is 0 Å². The summed E-state index contributed by atoms with van der Waals surface area (Å²) >= 11 is 0. The van der Waals surface area contributed by atoms with Crippen LogP contribution in [0.5, 0.6) is 0 Å². The zero-order valence-corrected chi connectivity index (χ0v) is 22.1. The second-order valence-corrected chi connectivity index (χ2v) is 14.9. The molecule has 1 aliphatic carbocycles.